The van der Waals surface area contributed by atoms with Crippen molar-refractivity contribution in [2.75, 3.05) is 11.4 Å². The van der Waals surface area contributed by atoms with Crippen molar-refractivity contribution in [3.05, 3.63) is 48.0 Å². The Kier molecular flexibility index (Phi) is 3.76. The number of anilines is 1. The minimum atomic E-state index is -0.494. The Labute approximate surface area is 136 Å². The van der Waals surface area contributed by atoms with E-state index in [1.807, 2.05) is 45.0 Å². The number of carbonyl (C=O) groups is 1. The Morgan fingerprint density at radius 1 is 1.09 bits per heavy atom. The van der Waals surface area contributed by atoms with Gasteiger partial charge in [-0.15, -0.1) is 0 Å². The van der Waals surface area contributed by atoms with Crippen molar-refractivity contribution >= 4 is 11.8 Å². The Hall–Kier alpha value is -2.49. The SMILES string of the molecule is CC(C)(C)OC(=O)N1CCc2cc(-c3ccc(O)cc3)ccc21. The highest BCUT2D eigenvalue weighted by molar-refractivity contribution is 5.91. The smallest absolute Gasteiger partial charge is 0.414 e. The van der Waals surface area contributed by atoms with Crippen LogP contribution in [0.3, 0.4) is 0 Å². The molecule has 4 nitrogen and oxygen atoms in total. The van der Waals surface area contributed by atoms with Crippen LogP contribution in [0, 0.1) is 0 Å². The van der Waals surface area contributed by atoms with Gasteiger partial charge in [0.15, 0.2) is 0 Å². The lowest BCUT2D eigenvalue weighted by atomic mass is 10.0. The van der Waals surface area contributed by atoms with Gasteiger partial charge >= 0.3 is 6.09 Å². The Bertz CT molecular complexity index is 729. The number of ether oxygens (including phenoxy) is 1. The molecule has 0 atom stereocenters. The van der Waals surface area contributed by atoms with Crippen LogP contribution in [-0.4, -0.2) is 23.3 Å². The average Bonchev–Trinajstić information content (AvgIpc) is 2.89. The molecule has 0 bridgehead atoms. The Balaban J connectivity index is 1.85. The monoisotopic (exact) mass is 311 g/mol. The summed E-state index contributed by atoms with van der Waals surface area (Å²) in [5, 5.41) is 9.39. The average molecular weight is 311 g/mol. The van der Waals surface area contributed by atoms with Crippen molar-refractivity contribution in [1.82, 2.24) is 0 Å². The number of amides is 1. The van der Waals surface area contributed by atoms with Crippen molar-refractivity contribution in [3.8, 4) is 16.9 Å². The predicted molar refractivity (Wildman–Crippen MR) is 90.8 cm³/mol. The van der Waals surface area contributed by atoms with Crippen LogP contribution in [0.15, 0.2) is 42.5 Å². The number of benzene rings is 2. The summed E-state index contributed by atoms with van der Waals surface area (Å²) in [6.07, 6.45) is 0.522. The molecule has 0 unspecified atom stereocenters. The van der Waals surface area contributed by atoms with E-state index in [0.717, 1.165) is 28.8 Å². The summed E-state index contributed by atoms with van der Waals surface area (Å²) in [6.45, 7) is 6.25. The van der Waals surface area contributed by atoms with Crippen molar-refractivity contribution in [1.29, 1.82) is 0 Å². The molecule has 0 aliphatic carbocycles. The second-order valence-corrected chi connectivity index (χ2v) is 6.77. The highest BCUT2D eigenvalue weighted by atomic mass is 16.6. The summed E-state index contributed by atoms with van der Waals surface area (Å²) in [4.78, 5) is 14.0. The van der Waals surface area contributed by atoms with Crippen LogP contribution in [0.5, 0.6) is 5.75 Å². The van der Waals surface area contributed by atoms with Crippen LogP contribution in [0.4, 0.5) is 10.5 Å². The first-order valence-corrected chi connectivity index (χ1v) is 7.76. The third-order valence-corrected chi connectivity index (χ3v) is 3.79. The first-order valence-electron chi connectivity index (χ1n) is 7.76. The summed E-state index contributed by atoms with van der Waals surface area (Å²) in [5.41, 5.74) is 3.69. The van der Waals surface area contributed by atoms with Crippen LogP contribution >= 0.6 is 0 Å². The maximum atomic E-state index is 12.3. The number of hydrogen-bond donors (Lipinski definition) is 1. The fourth-order valence-corrected chi connectivity index (χ4v) is 2.74. The lowest BCUT2D eigenvalue weighted by molar-refractivity contribution is 0.0584. The van der Waals surface area contributed by atoms with E-state index in [9.17, 15) is 9.90 Å². The fourth-order valence-electron chi connectivity index (χ4n) is 2.74. The van der Waals surface area contributed by atoms with E-state index < -0.39 is 5.60 Å². The summed E-state index contributed by atoms with van der Waals surface area (Å²) < 4.78 is 5.47. The van der Waals surface area contributed by atoms with E-state index in [0.29, 0.717) is 6.54 Å². The third-order valence-electron chi connectivity index (χ3n) is 3.79. The largest absolute Gasteiger partial charge is 0.508 e. The van der Waals surface area contributed by atoms with Crippen LogP contribution < -0.4 is 4.90 Å². The standard InChI is InChI=1S/C19H21NO3/c1-19(2,3)23-18(22)20-11-10-15-12-14(6-9-17(15)20)13-4-7-16(21)8-5-13/h4-9,12,21H,10-11H2,1-3H3. The van der Waals surface area contributed by atoms with Gasteiger partial charge in [-0.25, -0.2) is 4.79 Å². The molecule has 4 heteroatoms. The molecule has 3 rings (SSSR count). The van der Waals surface area contributed by atoms with Gasteiger partial charge in [0, 0.05) is 6.54 Å². The van der Waals surface area contributed by atoms with Crippen LogP contribution in [0.1, 0.15) is 26.3 Å². The zero-order chi connectivity index (χ0) is 16.6. The second kappa shape index (κ2) is 5.61. The van der Waals surface area contributed by atoms with E-state index in [1.165, 1.54) is 0 Å². The summed E-state index contributed by atoms with van der Waals surface area (Å²) in [6, 6.07) is 13.2. The van der Waals surface area contributed by atoms with Gasteiger partial charge in [-0.2, -0.15) is 0 Å². The number of carbonyl (C=O) groups excluding carboxylic acids is 1. The number of hydrogen-bond acceptors (Lipinski definition) is 3. The molecule has 0 saturated heterocycles. The maximum Gasteiger partial charge on any atom is 0.414 e. The van der Waals surface area contributed by atoms with E-state index >= 15 is 0 Å². The van der Waals surface area contributed by atoms with Gasteiger partial charge in [-0.3, -0.25) is 4.90 Å². The van der Waals surface area contributed by atoms with Gasteiger partial charge in [-0.1, -0.05) is 18.2 Å². The molecule has 0 radical (unpaired) electrons. The molecule has 2 aromatic carbocycles. The minimum absolute atomic E-state index is 0.256. The van der Waals surface area contributed by atoms with E-state index in [4.69, 9.17) is 4.74 Å². The van der Waals surface area contributed by atoms with E-state index in [2.05, 4.69) is 6.07 Å². The minimum Gasteiger partial charge on any atom is -0.508 e. The lowest BCUT2D eigenvalue weighted by Crippen LogP contribution is -2.35. The molecule has 1 aliphatic rings. The van der Waals surface area contributed by atoms with Crippen molar-refractivity contribution in [2.45, 2.75) is 32.8 Å². The zero-order valence-corrected chi connectivity index (χ0v) is 13.7. The molecular weight excluding hydrogens is 290 g/mol. The van der Waals surface area contributed by atoms with Gasteiger partial charge in [-0.05, 0) is 68.1 Å². The highest BCUT2D eigenvalue weighted by Gasteiger charge is 2.28. The third kappa shape index (κ3) is 3.31. The maximum absolute atomic E-state index is 12.3. The fraction of sp³-hybridized carbons (Fsp3) is 0.316. The molecule has 120 valence electrons. The number of rotatable bonds is 1. The number of aromatic hydroxyl groups is 1. The summed E-state index contributed by atoms with van der Waals surface area (Å²) in [7, 11) is 0. The number of fused-ring (bicyclic) bond motifs is 1. The molecule has 2 aromatic rings. The van der Waals surface area contributed by atoms with Crippen molar-refractivity contribution < 1.29 is 14.6 Å². The first-order chi connectivity index (χ1) is 10.8. The van der Waals surface area contributed by atoms with Gasteiger partial charge in [0.1, 0.15) is 11.4 Å². The first kappa shape index (κ1) is 15.4. The number of nitrogens with zero attached hydrogens (tertiary/aromatic N) is 1. The number of phenols is 1. The summed E-state index contributed by atoms with van der Waals surface area (Å²) in [5.74, 6) is 0.256. The molecular formula is C19H21NO3. The normalized spacial score (nSPS) is 13.8. The molecule has 0 aromatic heterocycles. The lowest BCUT2D eigenvalue weighted by Gasteiger charge is -2.24. The van der Waals surface area contributed by atoms with Crippen LogP contribution in [-0.2, 0) is 11.2 Å². The zero-order valence-electron chi connectivity index (χ0n) is 13.7. The van der Waals surface area contributed by atoms with Gasteiger partial charge in [0.05, 0.1) is 5.69 Å². The van der Waals surface area contributed by atoms with Crippen molar-refractivity contribution in [2.24, 2.45) is 0 Å². The molecule has 1 aliphatic heterocycles. The van der Waals surface area contributed by atoms with E-state index in [1.54, 1.807) is 17.0 Å². The highest BCUT2D eigenvalue weighted by Crippen LogP contribution is 2.33. The molecule has 1 N–H and O–H groups in total. The van der Waals surface area contributed by atoms with Gasteiger partial charge in [0.25, 0.3) is 0 Å². The molecule has 1 amide bonds. The topological polar surface area (TPSA) is 49.8 Å². The van der Waals surface area contributed by atoms with Crippen molar-refractivity contribution in [3.63, 3.8) is 0 Å². The van der Waals surface area contributed by atoms with Crippen LogP contribution in [0.25, 0.3) is 11.1 Å². The molecule has 23 heavy (non-hydrogen) atoms. The Morgan fingerprint density at radius 3 is 2.39 bits per heavy atom. The van der Waals surface area contributed by atoms with Crippen LogP contribution in [0.2, 0.25) is 0 Å². The molecule has 0 spiro atoms. The predicted octanol–water partition coefficient (Wildman–Crippen LogP) is 4.36. The van der Waals surface area contributed by atoms with E-state index in [-0.39, 0.29) is 11.8 Å². The molecule has 1 heterocycles. The number of phenolic OH excluding ortho intramolecular Hbond substituents is 1. The molecule has 0 fully saturated rings. The quantitative estimate of drug-likeness (QED) is 0.851. The van der Waals surface area contributed by atoms with Gasteiger partial charge in [0.2, 0.25) is 0 Å². The summed E-state index contributed by atoms with van der Waals surface area (Å²) >= 11 is 0. The second-order valence-electron chi connectivity index (χ2n) is 6.77. The molecule has 0 saturated carbocycles. The van der Waals surface area contributed by atoms with Gasteiger partial charge < -0.3 is 9.84 Å². The Morgan fingerprint density at radius 2 is 1.74 bits per heavy atom.